The highest BCUT2D eigenvalue weighted by molar-refractivity contribution is 5.83. The number of ether oxygens (including phenoxy) is 1. The summed E-state index contributed by atoms with van der Waals surface area (Å²) in [5, 5.41) is 11.6. The average molecular weight is 293 g/mol. The van der Waals surface area contributed by atoms with Gasteiger partial charge in [0.1, 0.15) is 11.6 Å². The normalized spacial score (nSPS) is 12.8. The number of carbonyl (C=O) groups is 1. The van der Waals surface area contributed by atoms with Crippen LogP contribution < -0.4 is 10.5 Å². The van der Waals surface area contributed by atoms with E-state index in [-0.39, 0.29) is 17.7 Å². The number of nitrogens with zero attached hydrogens (tertiary/aromatic N) is 2. The van der Waals surface area contributed by atoms with Crippen molar-refractivity contribution in [2.75, 3.05) is 19.7 Å². The molecule has 3 N–H and O–H groups in total. The predicted molar refractivity (Wildman–Crippen MR) is 81.4 cm³/mol. The molecule has 1 aromatic rings. The maximum absolute atomic E-state index is 12.1. The Bertz CT molecular complexity index is 462. The van der Waals surface area contributed by atoms with Gasteiger partial charge in [-0.1, -0.05) is 30.3 Å². The van der Waals surface area contributed by atoms with Crippen molar-refractivity contribution in [3.8, 4) is 5.75 Å². The third-order valence-corrected chi connectivity index (χ3v) is 3.18. The number of amides is 1. The summed E-state index contributed by atoms with van der Waals surface area (Å²) in [4.78, 5) is 13.8. The molecule has 6 nitrogen and oxygen atoms in total. The smallest absolute Gasteiger partial charge is 0.226 e. The summed E-state index contributed by atoms with van der Waals surface area (Å²) in [6.07, 6.45) is 0.297. The zero-order valence-corrected chi connectivity index (χ0v) is 12.5. The average Bonchev–Trinajstić information content (AvgIpc) is 2.52. The molecule has 116 valence electrons. The second-order valence-electron chi connectivity index (χ2n) is 4.77. The molecule has 0 aliphatic carbocycles. The van der Waals surface area contributed by atoms with Gasteiger partial charge in [0.15, 0.2) is 0 Å². The molecule has 0 aliphatic rings. The molecule has 0 aliphatic heterocycles. The van der Waals surface area contributed by atoms with Gasteiger partial charge in [-0.05, 0) is 19.1 Å². The van der Waals surface area contributed by atoms with Crippen LogP contribution in [0.5, 0.6) is 5.75 Å². The number of nitrogens with two attached hydrogens (primary N) is 1. The van der Waals surface area contributed by atoms with Gasteiger partial charge in [-0.3, -0.25) is 4.79 Å². The molecule has 1 rings (SSSR count). The summed E-state index contributed by atoms with van der Waals surface area (Å²) in [6, 6.07) is 9.37. The summed E-state index contributed by atoms with van der Waals surface area (Å²) < 4.78 is 5.51. The second-order valence-corrected chi connectivity index (χ2v) is 4.77. The SMILES string of the molecule is CCN(CC(C)C(N)=NO)C(=O)CCOc1ccccc1. The lowest BCUT2D eigenvalue weighted by Gasteiger charge is -2.24. The van der Waals surface area contributed by atoms with E-state index in [0.29, 0.717) is 26.1 Å². The standard InChI is InChI=1S/C15H23N3O3/c1-3-18(11-12(2)15(16)17-20)14(19)9-10-21-13-7-5-4-6-8-13/h4-8,12,20H,3,9-11H2,1-2H3,(H2,16,17). The van der Waals surface area contributed by atoms with Gasteiger partial charge in [0, 0.05) is 19.0 Å². The maximum atomic E-state index is 12.1. The molecule has 1 atom stereocenters. The topological polar surface area (TPSA) is 88.1 Å². The van der Waals surface area contributed by atoms with Gasteiger partial charge in [0.2, 0.25) is 5.91 Å². The van der Waals surface area contributed by atoms with E-state index in [1.54, 1.807) is 4.90 Å². The molecule has 0 spiro atoms. The number of para-hydroxylation sites is 1. The summed E-state index contributed by atoms with van der Waals surface area (Å²) in [6.45, 7) is 5.04. The van der Waals surface area contributed by atoms with Crippen LogP contribution in [0.1, 0.15) is 20.3 Å². The molecule has 0 radical (unpaired) electrons. The van der Waals surface area contributed by atoms with Crippen LogP contribution in [0.15, 0.2) is 35.5 Å². The van der Waals surface area contributed by atoms with Crippen LogP contribution >= 0.6 is 0 Å². The first-order valence-electron chi connectivity index (χ1n) is 7.01. The minimum absolute atomic E-state index is 0.00831. The molecule has 21 heavy (non-hydrogen) atoms. The predicted octanol–water partition coefficient (Wildman–Crippen LogP) is 1.69. The van der Waals surface area contributed by atoms with Crippen molar-refractivity contribution in [3.05, 3.63) is 30.3 Å². The van der Waals surface area contributed by atoms with E-state index in [1.807, 2.05) is 44.2 Å². The van der Waals surface area contributed by atoms with Gasteiger partial charge in [-0.25, -0.2) is 0 Å². The zero-order chi connectivity index (χ0) is 15.7. The quantitative estimate of drug-likeness (QED) is 0.330. The van der Waals surface area contributed by atoms with Gasteiger partial charge in [-0.15, -0.1) is 0 Å². The van der Waals surface area contributed by atoms with Crippen molar-refractivity contribution in [1.82, 2.24) is 4.90 Å². The van der Waals surface area contributed by atoms with Crippen molar-refractivity contribution < 1.29 is 14.7 Å². The highest BCUT2D eigenvalue weighted by Crippen LogP contribution is 2.09. The van der Waals surface area contributed by atoms with E-state index in [1.165, 1.54) is 0 Å². The van der Waals surface area contributed by atoms with E-state index in [4.69, 9.17) is 15.7 Å². The first-order valence-corrected chi connectivity index (χ1v) is 7.01. The van der Waals surface area contributed by atoms with Crippen LogP contribution in [0.2, 0.25) is 0 Å². The number of amidine groups is 1. The first kappa shape index (κ1) is 16.8. The molecule has 1 aromatic carbocycles. The van der Waals surface area contributed by atoms with Crippen LogP contribution in [0.25, 0.3) is 0 Å². The van der Waals surface area contributed by atoms with Crippen LogP contribution in [0.3, 0.4) is 0 Å². The Morgan fingerprint density at radius 2 is 2.10 bits per heavy atom. The highest BCUT2D eigenvalue weighted by atomic mass is 16.5. The van der Waals surface area contributed by atoms with Gasteiger partial charge < -0.3 is 20.6 Å². The summed E-state index contributed by atoms with van der Waals surface area (Å²) >= 11 is 0. The van der Waals surface area contributed by atoms with Gasteiger partial charge in [-0.2, -0.15) is 0 Å². The Balaban J connectivity index is 2.41. The molecule has 1 amide bonds. The molecule has 0 bridgehead atoms. The van der Waals surface area contributed by atoms with Crippen molar-refractivity contribution in [2.45, 2.75) is 20.3 Å². The Labute approximate surface area is 125 Å². The number of rotatable bonds is 8. The van der Waals surface area contributed by atoms with Crippen molar-refractivity contribution in [1.29, 1.82) is 0 Å². The van der Waals surface area contributed by atoms with E-state index >= 15 is 0 Å². The monoisotopic (exact) mass is 293 g/mol. The third kappa shape index (κ3) is 5.72. The second kappa shape index (κ2) is 8.84. The molecule has 0 aromatic heterocycles. The molecular formula is C15H23N3O3. The fourth-order valence-corrected chi connectivity index (χ4v) is 1.86. The van der Waals surface area contributed by atoms with Crippen LogP contribution in [-0.4, -0.2) is 41.5 Å². The number of oxime groups is 1. The minimum atomic E-state index is -0.186. The van der Waals surface area contributed by atoms with E-state index in [9.17, 15) is 4.79 Å². The molecule has 0 saturated heterocycles. The summed E-state index contributed by atoms with van der Waals surface area (Å²) in [7, 11) is 0. The Morgan fingerprint density at radius 1 is 1.43 bits per heavy atom. The Morgan fingerprint density at radius 3 is 2.67 bits per heavy atom. The highest BCUT2D eigenvalue weighted by Gasteiger charge is 2.17. The molecule has 0 heterocycles. The van der Waals surface area contributed by atoms with E-state index in [0.717, 1.165) is 5.75 Å². The minimum Gasteiger partial charge on any atom is -0.493 e. The summed E-state index contributed by atoms with van der Waals surface area (Å²) in [5.74, 6) is 0.681. The third-order valence-electron chi connectivity index (χ3n) is 3.18. The fraction of sp³-hybridized carbons (Fsp3) is 0.467. The van der Waals surface area contributed by atoms with Crippen LogP contribution in [-0.2, 0) is 4.79 Å². The molecule has 6 heteroatoms. The Kier molecular flexibility index (Phi) is 7.08. The molecular weight excluding hydrogens is 270 g/mol. The fourth-order valence-electron chi connectivity index (χ4n) is 1.86. The van der Waals surface area contributed by atoms with Crippen LogP contribution in [0, 0.1) is 5.92 Å². The first-order chi connectivity index (χ1) is 10.1. The number of carbonyl (C=O) groups excluding carboxylic acids is 1. The molecule has 1 unspecified atom stereocenters. The molecule has 0 fully saturated rings. The van der Waals surface area contributed by atoms with Crippen molar-refractivity contribution in [2.24, 2.45) is 16.8 Å². The zero-order valence-electron chi connectivity index (χ0n) is 12.5. The molecule has 0 saturated carbocycles. The number of hydrogen-bond acceptors (Lipinski definition) is 4. The largest absolute Gasteiger partial charge is 0.493 e. The number of hydrogen-bond donors (Lipinski definition) is 2. The lowest BCUT2D eigenvalue weighted by molar-refractivity contribution is -0.131. The lowest BCUT2D eigenvalue weighted by atomic mass is 10.1. The lowest BCUT2D eigenvalue weighted by Crippen LogP contribution is -2.39. The van der Waals surface area contributed by atoms with E-state index in [2.05, 4.69) is 5.16 Å². The summed E-state index contributed by atoms with van der Waals surface area (Å²) in [5.41, 5.74) is 5.53. The van der Waals surface area contributed by atoms with Crippen molar-refractivity contribution >= 4 is 11.7 Å². The van der Waals surface area contributed by atoms with E-state index < -0.39 is 0 Å². The van der Waals surface area contributed by atoms with Gasteiger partial charge in [0.05, 0.1) is 13.0 Å². The Hall–Kier alpha value is -2.24. The number of benzene rings is 1. The maximum Gasteiger partial charge on any atom is 0.226 e. The van der Waals surface area contributed by atoms with Gasteiger partial charge >= 0.3 is 0 Å². The van der Waals surface area contributed by atoms with Gasteiger partial charge in [0.25, 0.3) is 0 Å². The van der Waals surface area contributed by atoms with Crippen molar-refractivity contribution in [3.63, 3.8) is 0 Å². The van der Waals surface area contributed by atoms with Crippen LogP contribution in [0.4, 0.5) is 0 Å².